The average molecular weight is 469 g/mol. The Balaban J connectivity index is 1.16. The van der Waals surface area contributed by atoms with E-state index in [2.05, 4.69) is 9.88 Å². The molecule has 1 aromatic carbocycles. The van der Waals surface area contributed by atoms with Crippen LogP contribution in [-0.4, -0.2) is 59.0 Å². The van der Waals surface area contributed by atoms with Gasteiger partial charge in [-0.25, -0.2) is 9.78 Å². The molecule has 8 heteroatoms. The number of anilines is 1. The minimum atomic E-state index is -0.371. The number of rotatable bonds is 7. The Morgan fingerprint density at radius 3 is 2.55 bits per heavy atom. The largest absolute Gasteiger partial charge is 0.474 e. The number of carbonyl (C=O) groups excluding carboxylic acids is 2. The maximum atomic E-state index is 12.9. The summed E-state index contributed by atoms with van der Waals surface area (Å²) in [5.74, 6) is 1.26. The van der Waals surface area contributed by atoms with Crippen LogP contribution >= 0.6 is 11.6 Å². The molecule has 33 heavy (non-hydrogen) atoms. The molecule has 0 unspecified atom stereocenters. The van der Waals surface area contributed by atoms with Crippen molar-refractivity contribution in [2.75, 3.05) is 31.1 Å². The highest BCUT2D eigenvalue weighted by Crippen LogP contribution is 2.32. The van der Waals surface area contributed by atoms with Crippen molar-refractivity contribution in [3.63, 3.8) is 0 Å². The Hall–Kier alpha value is -2.64. The van der Waals surface area contributed by atoms with E-state index < -0.39 is 0 Å². The predicted octanol–water partition coefficient (Wildman–Crippen LogP) is 4.27. The Kier molecular flexibility index (Phi) is 6.25. The second kappa shape index (κ2) is 9.31. The molecule has 1 saturated carbocycles. The van der Waals surface area contributed by atoms with E-state index in [-0.39, 0.29) is 31.1 Å². The van der Waals surface area contributed by atoms with Gasteiger partial charge in [-0.1, -0.05) is 23.7 Å². The molecule has 3 fully saturated rings. The molecule has 7 nitrogen and oxygen atoms in total. The van der Waals surface area contributed by atoms with E-state index in [0.29, 0.717) is 16.6 Å². The van der Waals surface area contributed by atoms with E-state index in [4.69, 9.17) is 16.3 Å². The Morgan fingerprint density at radius 1 is 1.09 bits per heavy atom. The number of piperidine rings is 1. The summed E-state index contributed by atoms with van der Waals surface area (Å²) in [6, 6.07) is 8.76. The molecule has 3 heterocycles. The number of hydrogen-bond donors (Lipinski definition) is 0. The number of halogens is 1. The fourth-order valence-corrected chi connectivity index (χ4v) is 4.86. The number of likely N-dealkylation sites (tertiary alicyclic amines) is 1. The van der Waals surface area contributed by atoms with Crippen LogP contribution in [-0.2, 0) is 11.3 Å². The van der Waals surface area contributed by atoms with Gasteiger partial charge in [0, 0.05) is 31.9 Å². The van der Waals surface area contributed by atoms with Crippen LogP contribution in [0.3, 0.4) is 0 Å². The first-order valence-electron chi connectivity index (χ1n) is 11.7. The minimum absolute atomic E-state index is 0.0182. The number of aryl methyl sites for hydroxylation is 1. The van der Waals surface area contributed by atoms with Crippen LogP contribution in [0.4, 0.5) is 10.5 Å². The molecule has 174 valence electrons. The lowest BCUT2D eigenvalue weighted by Gasteiger charge is -2.31. The molecule has 2 aliphatic heterocycles. The van der Waals surface area contributed by atoms with Crippen molar-refractivity contribution >= 4 is 29.2 Å². The maximum Gasteiger partial charge on any atom is 0.332 e. The van der Waals surface area contributed by atoms with Gasteiger partial charge in [-0.05, 0) is 61.8 Å². The number of pyridine rings is 1. The van der Waals surface area contributed by atoms with Crippen LogP contribution in [0.15, 0.2) is 36.5 Å². The Labute approximate surface area is 199 Å². The number of urea groups is 1. The van der Waals surface area contributed by atoms with E-state index >= 15 is 0 Å². The first-order chi connectivity index (χ1) is 16.0. The van der Waals surface area contributed by atoms with Crippen molar-refractivity contribution in [2.24, 2.45) is 5.92 Å². The number of amides is 3. The number of imide groups is 1. The summed E-state index contributed by atoms with van der Waals surface area (Å²) in [7, 11) is 0. The first-order valence-corrected chi connectivity index (χ1v) is 12.1. The molecule has 3 amide bonds. The zero-order valence-electron chi connectivity index (χ0n) is 18.9. The van der Waals surface area contributed by atoms with Crippen molar-refractivity contribution in [1.29, 1.82) is 0 Å². The van der Waals surface area contributed by atoms with Crippen molar-refractivity contribution in [3.05, 3.63) is 52.7 Å². The number of carbonyl (C=O) groups is 2. The van der Waals surface area contributed by atoms with Crippen LogP contribution in [0.1, 0.15) is 36.8 Å². The van der Waals surface area contributed by atoms with Gasteiger partial charge in [0.15, 0.2) is 0 Å². The summed E-state index contributed by atoms with van der Waals surface area (Å²) in [5.41, 5.74) is 2.32. The van der Waals surface area contributed by atoms with Crippen LogP contribution in [0.2, 0.25) is 5.02 Å². The zero-order valence-corrected chi connectivity index (χ0v) is 19.6. The van der Waals surface area contributed by atoms with Gasteiger partial charge in [0.2, 0.25) is 5.88 Å². The second-order valence-corrected chi connectivity index (χ2v) is 9.78. The zero-order chi connectivity index (χ0) is 22.9. The monoisotopic (exact) mass is 468 g/mol. The fourth-order valence-electron chi connectivity index (χ4n) is 4.52. The second-order valence-electron chi connectivity index (χ2n) is 9.37. The lowest BCUT2D eigenvalue weighted by molar-refractivity contribution is -0.125. The van der Waals surface area contributed by atoms with Gasteiger partial charge in [0.05, 0.1) is 17.3 Å². The molecule has 2 saturated heterocycles. The smallest absolute Gasteiger partial charge is 0.332 e. The number of nitrogens with zero attached hydrogens (tertiary/aromatic N) is 4. The fraction of sp³-hybridized carbons (Fsp3) is 0.480. The predicted molar refractivity (Wildman–Crippen MR) is 127 cm³/mol. The normalized spacial score (nSPS) is 20.1. The van der Waals surface area contributed by atoms with Crippen molar-refractivity contribution in [3.8, 4) is 5.88 Å². The van der Waals surface area contributed by atoms with Gasteiger partial charge >= 0.3 is 6.03 Å². The Bertz CT molecular complexity index is 1030. The molecular weight excluding hydrogens is 440 g/mol. The van der Waals surface area contributed by atoms with Gasteiger partial charge in [-0.2, -0.15) is 0 Å². The first kappa shape index (κ1) is 22.2. The SMILES string of the molecule is Cc1ccc(N2CC(=O)N(Cc3ccc(OC4CCN(CC5CC5)CC4)nc3)C2=O)c(Cl)c1. The van der Waals surface area contributed by atoms with E-state index in [9.17, 15) is 9.59 Å². The van der Waals surface area contributed by atoms with Gasteiger partial charge < -0.3 is 9.64 Å². The summed E-state index contributed by atoms with van der Waals surface area (Å²) in [4.78, 5) is 35.1. The molecular formula is C25H29ClN4O3. The summed E-state index contributed by atoms with van der Waals surface area (Å²) in [6.07, 6.45) is 6.68. The van der Waals surface area contributed by atoms with Crippen LogP contribution in [0.25, 0.3) is 0 Å². The highest BCUT2D eigenvalue weighted by molar-refractivity contribution is 6.34. The number of ether oxygens (including phenoxy) is 1. The third-order valence-electron chi connectivity index (χ3n) is 6.62. The van der Waals surface area contributed by atoms with Crippen molar-refractivity contribution in [2.45, 2.75) is 45.3 Å². The summed E-state index contributed by atoms with van der Waals surface area (Å²) >= 11 is 6.31. The molecule has 2 aromatic rings. The summed E-state index contributed by atoms with van der Waals surface area (Å²) < 4.78 is 6.08. The van der Waals surface area contributed by atoms with E-state index in [0.717, 1.165) is 43.0 Å². The molecule has 5 rings (SSSR count). The molecule has 1 aliphatic carbocycles. The quantitative estimate of drug-likeness (QED) is 0.568. The van der Waals surface area contributed by atoms with Gasteiger partial charge in [-0.3, -0.25) is 14.6 Å². The highest BCUT2D eigenvalue weighted by atomic mass is 35.5. The lowest BCUT2D eigenvalue weighted by atomic mass is 10.1. The van der Waals surface area contributed by atoms with Gasteiger partial charge in [-0.15, -0.1) is 0 Å². The molecule has 1 aromatic heterocycles. The molecule has 0 radical (unpaired) electrons. The number of hydrogen-bond acceptors (Lipinski definition) is 5. The lowest BCUT2D eigenvalue weighted by Crippen LogP contribution is -2.39. The molecule has 0 spiro atoms. The van der Waals surface area contributed by atoms with Crippen LogP contribution < -0.4 is 9.64 Å². The molecule has 0 bridgehead atoms. The molecule has 0 N–H and O–H groups in total. The summed E-state index contributed by atoms with van der Waals surface area (Å²) in [6.45, 7) is 5.48. The van der Waals surface area contributed by atoms with Crippen molar-refractivity contribution in [1.82, 2.24) is 14.8 Å². The van der Waals surface area contributed by atoms with Gasteiger partial charge in [0.25, 0.3) is 5.91 Å². The highest BCUT2D eigenvalue weighted by Gasteiger charge is 2.37. The third kappa shape index (κ3) is 5.14. The standard InChI is InChI=1S/C25H29ClN4O3/c1-17-2-6-22(21(26)12-17)29-16-24(31)30(25(29)32)15-19-5-7-23(27-13-19)33-20-8-10-28(11-9-20)14-18-3-4-18/h2,5-7,12-13,18,20H,3-4,8-11,14-16H2,1H3. The van der Waals surface area contributed by atoms with Crippen LogP contribution in [0, 0.1) is 12.8 Å². The van der Waals surface area contributed by atoms with E-state index in [1.54, 1.807) is 18.3 Å². The Morgan fingerprint density at radius 2 is 1.88 bits per heavy atom. The number of benzene rings is 1. The molecule has 3 aliphatic rings. The number of aromatic nitrogens is 1. The molecule has 0 atom stereocenters. The maximum absolute atomic E-state index is 12.9. The third-order valence-corrected chi connectivity index (χ3v) is 6.93. The topological polar surface area (TPSA) is 66.0 Å². The van der Waals surface area contributed by atoms with Crippen molar-refractivity contribution < 1.29 is 14.3 Å². The van der Waals surface area contributed by atoms with Crippen LogP contribution in [0.5, 0.6) is 5.88 Å². The van der Waals surface area contributed by atoms with Gasteiger partial charge in [0.1, 0.15) is 12.6 Å². The summed E-state index contributed by atoms with van der Waals surface area (Å²) in [5, 5.41) is 0.458. The van der Waals surface area contributed by atoms with E-state index in [1.165, 1.54) is 29.2 Å². The minimum Gasteiger partial charge on any atom is -0.474 e. The van der Waals surface area contributed by atoms with E-state index in [1.807, 2.05) is 25.1 Å². The average Bonchev–Trinajstić information content (AvgIpc) is 3.57.